The van der Waals surface area contributed by atoms with E-state index >= 15 is 0 Å². The summed E-state index contributed by atoms with van der Waals surface area (Å²) in [4.78, 5) is 27.7. The van der Waals surface area contributed by atoms with Gasteiger partial charge in [0.25, 0.3) is 0 Å². The minimum Gasteiger partial charge on any atom is -0.496 e. The average Bonchev–Trinajstić information content (AvgIpc) is 2.93. The lowest BCUT2D eigenvalue weighted by atomic mass is 10.1. The Balaban J connectivity index is 1.91. The smallest absolute Gasteiger partial charge is 0.224 e. The van der Waals surface area contributed by atoms with Crippen molar-refractivity contribution in [3.63, 3.8) is 0 Å². The molecule has 0 aliphatic carbocycles. The van der Waals surface area contributed by atoms with Gasteiger partial charge in [-0.2, -0.15) is 0 Å². The minimum atomic E-state index is -0.0203. The van der Waals surface area contributed by atoms with Crippen LogP contribution in [-0.2, 0) is 16.1 Å². The predicted octanol–water partition coefficient (Wildman–Crippen LogP) is 2.30. The Morgan fingerprint density at radius 3 is 2.69 bits per heavy atom. The summed E-state index contributed by atoms with van der Waals surface area (Å²) in [5, 5.41) is 3.49. The lowest BCUT2D eigenvalue weighted by Gasteiger charge is -2.27. The molecule has 7 heteroatoms. The summed E-state index contributed by atoms with van der Waals surface area (Å²) in [6, 6.07) is 5.90. The van der Waals surface area contributed by atoms with Crippen LogP contribution in [0.4, 0.5) is 0 Å². The van der Waals surface area contributed by atoms with E-state index in [0.29, 0.717) is 24.5 Å². The Bertz CT molecular complexity index is 653. The van der Waals surface area contributed by atoms with Crippen LogP contribution in [0.5, 0.6) is 5.75 Å². The van der Waals surface area contributed by atoms with Crippen LogP contribution in [-0.4, -0.2) is 61.4 Å². The molecule has 2 rings (SSSR count). The quantitative estimate of drug-likeness (QED) is 0.787. The zero-order chi connectivity index (χ0) is 19.3. The van der Waals surface area contributed by atoms with Crippen LogP contribution >= 0.6 is 11.6 Å². The number of carbonyl (C=O) groups is 2. The summed E-state index contributed by atoms with van der Waals surface area (Å²) in [5.41, 5.74) is 0.888. The average molecular weight is 382 g/mol. The van der Waals surface area contributed by atoms with Gasteiger partial charge >= 0.3 is 0 Å². The molecule has 1 aromatic carbocycles. The summed E-state index contributed by atoms with van der Waals surface area (Å²) >= 11 is 6.07. The topological polar surface area (TPSA) is 61.9 Å². The molecule has 1 aliphatic rings. The molecule has 144 valence electrons. The molecule has 0 unspecified atom stereocenters. The summed E-state index contributed by atoms with van der Waals surface area (Å²) < 4.78 is 5.35. The molecule has 0 saturated carbocycles. The molecule has 1 saturated heterocycles. The van der Waals surface area contributed by atoms with Crippen molar-refractivity contribution >= 4 is 23.4 Å². The number of likely N-dealkylation sites (N-methyl/N-ethyl adjacent to an activating group) is 1. The highest BCUT2D eigenvalue weighted by Gasteiger charge is 2.32. The van der Waals surface area contributed by atoms with Gasteiger partial charge in [-0.25, -0.2) is 0 Å². The van der Waals surface area contributed by atoms with E-state index in [-0.39, 0.29) is 23.9 Å². The number of halogens is 1. The molecular formula is C19H28ClN3O3. The van der Waals surface area contributed by atoms with Gasteiger partial charge in [-0.15, -0.1) is 0 Å². The molecule has 1 N–H and O–H groups in total. The molecule has 6 nitrogen and oxygen atoms in total. The number of nitrogens with zero attached hydrogens (tertiary/aromatic N) is 2. The van der Waals surface area contributed by atoms with Crippen molar-refractivity contribution < 1.29 is 14.3 Å². The number of methoxy groups -OCH3 is 1. The van der Waals surface area contributed by atoms with Crippen LogP contribution in [0, 0.1) is 0 Å². The van der Waals surface area contributed by atoms with Gasteiger partial charge in [-0.05, 0) is 38.1 Å². The van der Waals surface area contributed by atoms with Gasteiger partial charge in [0.1, 0.15) is 5.75 Å². The fourth-order valence-corrected chi connectivity index (χ4v) is 3.61. The van der Waals surface area contributed by atoms with Crippen LogP contribution < -0.4 is 10.1 Å². The van der Waals surface area contributed by atoms with E-state index in [4.69, 9.17) is 16.3 Å². The minimum absolute atomic E-state index is 0.0203. The second kappa shape index (κ2) is 9.24. The lowest BCUT2D eigenvalue weighted by Crippen LogP contribution is -2.42. The van der Waals surface area contributed by atoms with Crippen LogP contribution in [0.2, 0.25) is 5.02 Å². The van der Waals surface area contributed by atoms with E-state index in [1.165, 1.54) is 6.92 Å². The van der Waals surface area contributed by atoms with Crippen molar-refractivity contribution in [3.8, 4) is 5.75 Å². The second-order valence-corrected chi connectivity index (χ2v) is 7.33. The maximum Gasteiger partial charge on any atom is 0.224 e. The van der Waals surface area contributed by atoms with Crippen LogP contribution in [0.3, 0.4) is 0 Å². The Hall–Kier alpha value is -1.79. The van der Waals surface area contributed by atoms with E-state index in [1.807, 2.05) is 19.2 Å². The van der Waals surface area contributed by atoms with E-state index in [0.717, 1.165) is 24.2 Å². The number of carbonyl (C=O) groups excluding carboxylic acids is 2. The summed E-state index contributed by atoms with van der Waals surface area (Å²) in [5.74, 6) is 0.791. The maximum absolute atomic E-state index is 12.7. The molecule has 2 amide bonds. The molecule has 0 radical (unpaired) electrons. The molecule has 0 spiro atoms. The van der Waals surface area contributed by atoms with Gasteiger partial charge in [0.05, 0.1) is 7.11 Å². The van der Waals surface area contributed by atoms with Gasteiger partial charge in [-0.1, -0.05) is 11.6 Å². The molecule has 2 atom stereocenters. The Morgan fingerprint density at radius 2 is 2.04 bits per heavy atom. The summed E-state index contributed by atoms with van der Waals surface area (Å²) in [6.07, 6.45) is 2.41. The van der Waals surface area contributed by atoms with Crippen molar-refractivity contribution in [2.45, 2.75) is 44.8 Å². The summed E-state index contributed by atoms with van der Waals surface area (Å²) in [7, 11) is 5.43. The van der Waals surface area contributed by atoms with Gasteiger partial charge in [0, 0.05) is 56.2 Å². The highest BCUT2D eigenvalue weighted by atomic mass is 35.5. The molecule has 1 aliphatic heterocycles. The van der Waals surface area contributed by atoms with Crippen LogP contribution in [0.15, 0.2) is 18.2 Å². The third-order valence-electron chi connectivity index (χ3n) is 5.06. The third-order valence-corrected chi connectivity index (χ3v) is 5.29. The molecule has 0 aromatic heterocycles. The van der Waals surface area contributed by atoms with E-state index in [9.17, 15) is 9.59 Å². The molecule has 1 aromatic rings. The van der Waals surface area contributed by atoms with Crippen molar-refractivity contribution in [1.29, 1.82) is 0 Å². The van der Waals surface area contributed by atoms with Crippen molar-refractivity contribution in [3.05, 3.63) is 28.8 Å². The Morgan fingerprint density at radius 1 is 1.35 bits per heavy atom. The normalized spacial score (nSPS) is 20.0. The highest BCUT2D eigenvalue weighted by Crippen LogP contribution is 2.26. The molecule has 1 fully saturated rings. The molecular weight excluding hydrogens is 354 g/mol. The van der Waals surface area contributed by atoms with E-state index < -0.39 is 0 Å². The van der Waals surface area contributed by atoms with E-state index in [1.54, 1.807) is 25.1 Å². The maximum atomic E-state index is 12.7. The molecule has 1 heterocycles. The monoisotopic (exact) mass is 381 g/mol. The first-order valence-corrected chi connectivity index (χ1v) is 9.22. The molecule has 0 bridgehead atoms. The second-order valence-electron chi connectivity index (χ2n) is 6.90. The fraction of sp³-hybridized carbons (Fsp3) is 0.579. The van der Waals surface area contributed by atoms with Crippen molar-refractivity contribution in [2.75, 3.05) is 27.7 Å². The van der Waals surface area contributed by atoms with Crippen LogP contribution in [0.25, 0.3) is 0 Å². The SMILES string of the molecule is COc1ccc(Cl)cc1CN(C)C(=O)C[C@@H]1CC[C@H](CNC(C)=O)N1C. The lowest BCUT2D eigenvalue weighted by molar-refractivity contribution is -0.131. The number of hydrogen-bond acceptors (Lipinski definition) is 4. The summed E-state index contributed by atoms with van der Waals surface area (Å²) in [6.45, 7) is 2.61. The van der Waals surface area contributed by atoms with E-state index in [2.05, 4.69) is 10.2 Å². The molecule has 26 heavy (non-hydrogen) atoms. The number of amides is 2. The number of nitrogens with one attached hydrogen (secondary N) is 1. The van der Waals surface area contributed by atoms with Gasteiger partial charge < -0.3 is 15.0 Å². The third kappa shape index (κ3) is 5.35. The first-order valence-electron chi connectivity index (χ1n) is 8.84. The first-order chi connectivity index (χ1) is 12.3. The number of hydrogen-bond donors (Lipinski definition) is 1. The number of ether oxygens (including phenoxy) is 1. The number of benzene rings is 1. The zero-order valence-corrected chi connectivity index (χ0v) is 16.7. The van der Waals surface area contributed by atoms with Gasteiger partial charge in [0.15, 0.2) is 0 Å². The number of likely N-dealkylation sites (tertiary alicyclic amines) is 1. The zero-order valence-electron chi connectivity index (χ0n) is 15.9. The van der Waals surface area contributed by atoms with Gasteiger partial charge in [0.2, 0.25) is 11.8 Å². The predicted molar refractivity (Wildman–Crippen MR) is 102 cm³/mol. The van der Waals surface area contributed by atoms with Crippen LogP contribution in [0.1, 0.15) is 31.7 Å². The Kier molecular flexibility index (Phi) is 7.29. The van der Waals surface area contributed by atoms with Crippen molar-refractivity contribution in [1.82, 2.24) is 15.1 Å². The fourth-order valence-electron chi connectivity index (χ4n) is 3.42. The Labute approximate surface area is 160 Å². The van der Waals surface area contributed by atoms with Crippen molar-refractivity contribution in [2.24, 2.45) is 0 Å². The van der Waals surface area contributed by atoms with Gasteiger partial charge in [-0.3, -0.25) is 14.5 Å². The number of rotatable bonds is 7. The largest absolute Gasteiger partial charge is 0.496 e. The standard InChI is InChI=1S/C19H28ClN3O3/c1-13(24)21-11-17-7-6-16(23(17)3)10-19(25)22(2)12-14-9-15(20)5-8-18(14)26-4/h5,8-9,16-17H,6-7,10-12H2,1-4H3,(H,21,24)/t16-,17+/m0/s1. The highest BCUT2D eigenvalue weighted by molar-refractivity contribution is 6.30. The first kappa shape index (κ1) is 20.5.